The molecular formula is C31H32F4O5. The Morgan fingerprint density at radius 1 is 1.27 bits per heavy atom. The average Bonchev–Trinajstić information content (AvgIpc) is 3.73. The number of aliphatic hydroxyl groups is 1. The van der Waals surface area contributed by atoms with Crippen LogP contribution in [0.5, 0.6) is 5.75 Å². The van der Waals surface area contributed by atoms with Crippen LogP contribution in [0.1, 0.15) is 38.7 Å². The van der Waals surface area contributed by atoms with Crippen LogP contribution in [0.3, 0.4) is 0 Å². The van der Waals surface area contributed by atoms with Crippen molar-refractivity contribution in [2.75, 3.05) is 13.2 Å². The SMILES string of the molecule is CC(C)(O)CCOc1ccc(/C=C/C(COC23C=C4C[C@H]5[C@H](C(=O)O)[C@H]5C4=CC2C3)=C(F)\C=C\C(F)F)cc1F. The fourth-order valence-corrected chi connectivity index (χ4v) is 5.72. The van der Waals surface area contributed by atoms with Crippen molar-refractivity contribution in [1.82, 2.24) is 0 Å². The molecule has 0 saturated heterocycles. The lowest BCUT2D eigenvalue weighted by Crippen LogP contribution is -2.21. The second-order valence-electron chi connectivity index (χ2n) is 11.6. The van der Waals surface area contributed by atoms with Gasteiger partial charge in [0.1, 0.15) is 5.83 Å². The molecule has 5 atom stereocenters. The first kappa shape index (κ1) is 28.4. The normalized spacial score (nSPS) is 29.1. The zero-order valence-corrected chi connectivity index (χ0v) is 22.2. The number of allylic oxidation sites excluding steroid dienone is 5. The molecule has 3 saturated carbocycles. The molecule has 5 nitrogen and oxygen atoms in total. The number of hydrogen-bond acceptors (Lipinski definition) is 4. The second kappa shape index (κ2) is 10.7. The van der Waals surface area contributed by atoms with Gasteiger partial charge in [0.2, 0.25) is 0 Å². The predicted molar refractivity (Wildman–Crippen MR) is 141 cm³/mol. The van der Waals surface area contributed by atoms with Gasteiger partial charge in [-0.15, -0.1) is 0 Å². The molecule has 5 rings (SSSR count). The standard InChI is InChI=1S/C31H32F4O5/c1-30(2,38)9-10-39-25-7-4-17(11-24(25)33)3-5-18(23(32)6-8-26(34)35)16-40-31-14-19-12-22-27(28(22)29(36)37)21(19)13-20(31)15-31/h3-8,11,13-14,20,22,26-28,38H,9-10,12,15-16H2,1-2H3,(H,36,37)/b5-3+,8-6+,23-18-/t20?,22-,27+,28+,31?/m1/s1. The number of carboxylic acids is 1. The highest BCUT2D eigenvalue weighted by Gasteiger charge is 2.65. The molecule has 0 radical (unpaired) electrons. The van der Waals surface area contributed by atoms with Crippen LogP contribution in [-0.2, 0) is 9.53 Å². The molecule has 0 amide bonds. The molecule has 0 aromatic heterocycles. The summed E-state index contributed by atoms with van der Waals surface area (Å²) in [6, 6.07) is 4.22. The summed E-state index contributed by atoms with van der Waals surface area (Å²) < 4.78 is 66.4. The van der Waals surface area contributed by atoms with Gasteiger partial charge in [-0.05, 0) is 79.7 Å². The summed E-state index contributed by atoms with van der Waals surface area (Å²) in [6.45, 7) is 3.18. The van der Waals surface area contributed by atoms with Crippen LogP contribution in [0.4, 0.5) is 17.6 Å². The molecule has 1 aromatic carbocycles. The summed E-state index contributed by atoms with van der Waals surface area (Å²) in [6.07, 6.45) is 6.96. The second-order valence-corrected chi connectivity index (χ2v) is 11.6. The number of benzene rings is 1. The highest BCUT2D eigenvalue weighted by Crippen LogP contribution is 2.67. The van der Waals surface area contributed by atoms with E-state index in [1.54, 1.807) is 19.9 Å². The lowest BCUT2D eigenvalue weighted by molar-refractivity contribution is -0.139. The molecule has 40 heavy (non-hydrogen) atoms. The van der Waals surface area contributed by atoms with Gasteiger partial charge in [-0.2, -0.15) is 0 Å². The van der Waals surface area contributed by atoms with Crippen molar-refractivity contribution in [1.29, 1.82) is 0 Å². The van der Waals surface area contributed by atoms with E-state index in [2.05, 4.69) is 6.08 Å². The van der Waals surface area contributed by atoms with E-state index in [0.717, 1.165) is 11.1 Å². The maximum absolute atomic E-state index is 14.9. The van der Waals surface area contributed by atoms with E-state index in [4.69, 9.17) is 9.47 Å². The smallest absolute Gasteiger partial charge is 0.307 e. The molecular weight excluding hydrogens is 528 g/mol. The van der Waals surface area contributed by atoms with Crippen molar-refractivity contribution in [2.45, 2.75) is 50.7 Å². The Kier molecular flexibility index (Phi) is 7.56. The Morgan fingerprint density at radius 2 is 2.05 bits per heavy atom. The number of hydrogen-bond donors (Lipinski definition) is 2. The molecule has 0 spiro atoms. The van der Waals surface area contributed by atoms with E-state index in [1.807, 2.05) is 6.08 Å². The number of fused-ring (bicyclic) bond motifs is 4. The van der Waals surface area contributed by atoms with Crippen LogP contribution < -0.4 is 4.74 Å². The van der Waals surface area contributed by atoms with Gasteiger partial charge in [0, 0.05) is 23.8 Å². The molecule has 2 N–H and O–H groups in total. The Morgan fingerprint density at radius 3 is 2.73 bits per heavy atom. The van der Waals surface area contributed by atoms with Crippen molar-refractivity contribution in [2.24, 2.45) is 23.7 Å². The van der Waals surface area contributed by atoms with Gasteiger partial charge in [-0.25, -0.2) is 17.6 Å². The highest BCUT2D eigenvalue weighted by molar-refractivity contribution is 5.78. The van der Waals surface area contributed by atoms with Crippen molar-refractivity contribution in [3.63, 3.8) is 0 Å². The number of carbonyl (C=O) groups is 1. The number of halogens is 4. The quantitative estimate of drug-likeness (QED) is 0.228. The third kappa shape index (κ3) is 6.10. The number of rotatable bonds is 12. The van der Waals surface area contributed by atoms with E-state index in [-0.39, 0.29) is 48.2 Å². The fraction of sp³-hybridized carbons (Fsp3) is 0.452. The molecule has 214 valence electrons. The molecule has 3 fully saturated rings. The maximum Gasteiger partial charge on any atom is 0.307 e. The van der Waals surface area contributed by atoms with Crippen LogP contribution in [0, 0.1) is 29.5 Å². The lowest BCUT2D eigenvalue weighted by Gasteiger charge is -2.21. The minimum atomic E-state index is -2.82. The van der Waals surface area contributed by atoms with Crippen LogP contribution in [0.2, 0.25) is 0 Å². The Labute approximate surface area is 230 Å². The summed E-state index contributed by atoms with van der Waals surface area (Å²) in [7, 11) is 0. The van der Waals surface area contributed by atoms with Crippen molar-refractivity contribution >= 4 is 12.0 Å². The van der Waals surface area contributed by atoms with Gasteiger partial charge >= 0.3 is 5.97 Å². The number of aliphatic carboxylic acids is 1. The molecule has 0 heterocycles. The summed E-state index contributed by atoms with van der Waals surface area (Å²) >= 11 is 0. The van der Waals surface area contributed by atoms with E-state index in [0.29, 0.717) is 37.0 Å². The molecule has 4 aliphatic rings. The van der Waals surface area contributed by atoms with Crippen molar-refractivity contribution < 1.29 is 42.0 Å². The molecule has 4 aliphatic carbocycles. The number of carboxylic acid groups (broad SMARTS) is 1. The highest BCUT2D eigenvalue weighted by atomic mass is 19.3. The molecule has 1 aromatic rings. The molecule has 0 bridgehead atoms. The first-order chi connectivity index (χ1) is 18.9. The van der Waals surface area contributed by atoms with Crippen molar-refractivity contribution in [3.8, 4) is 5.75 Å². The van der Waals surface area contributed by atoms with Gasteiger partial charge in [0.15, 0.2) is 11.6 Å². The monoisotopic (exact) mass is 560 g/mol. The average molecular weight is 561 g/mol. The lowest BCUT2D eigenvalue weighted by atomic mass is 9.93. The first-order valence-electron chi connectivity index (χ1n) is 13.4. The summed E-state index contributed by atoms with van der Waals surface area (Å²) in [4.78, 5) is 11.4. The fourth-order valence-electron chi connectivity index (χ4n) is 5.72. The van der Waals surface area contributed by atoms with Crippen LogP contribution in [0.15, 0.2) is 71.1 Å². The predicted octanol–water partition coefficient (Wildman–Crippen LogP) is 6.42. The van der Waals surface area contributed by atoms with Gasteiger partial charge < -0.3 is 19.7 Å². The van der Waals surface area contributed by atoms with Crippen molar-refractivity contribution in [3.05, 3.63) is 82.5 Å². The van der Waals surface area contributed by atoms with Crippen LogP contribution >= 0.6 is 0 Å². The van der Waals surface area contributed by atoms with E-state index < -0.39 is 35.2 Å². The zero-order chi connectivity index (χ0) is 28.8. The van der Waals surface area contributed by atoms with Gasteiger partial charge in [-0.1, -0.05) is 24.3 Å². The minimum Gasteiger partial charge on any atom is -0.490 e. The maximum atomic E-state index is 14.9. The van der Waals surface area contributed by atoms with Crippen LogP contribution in [0.25, 0.3) is 6.08 Å². The summed E-state index contributed by atoms with van der Waals surface area (Å²) in [5, 5.41) is 19.1. The minimum absolute atomic E-state index is 0.0161. The van der Waals surface area contributed by atoms with E-state index in [9.17, 15) is 32.6 Å². The third-order valence-electron chi connectivity index (χ3n) is 8.04. The zero-order valence-electron chi connectivity index (χ0n) is 22.2. The van der Waals surface area contributed by atoms with Gasteiger partial charge in [0.05, 0.1) is 30.3 Å². The Bertz CT molecular complexity index is 1340. The summed E-state index contributed by atoms with van der Waals surface area (Å²) in [5.74, 6) is -2.33. The molecule has 2 unspecified atom stereocenters. The topological polar surface area (TPSA) is 76.0 Å². The van der Waals surface area contributed by atoms with Crippen LogP contribution in [-0.4, -0.2) is 47.0 Å². The largest absolute Gasteiger partial charge is 0.490 e. The van der Waals surface area contributed by atoms with E-state index >= 15 is 0 Å². The third-order valence-corrected chi connectivity index (χ3v) is 8.04. The van der Waals surface area contributed by atoms with E-state index in [1.165, 1.54) is 24.3 Å². The number of alkyl halides is 2. The first-order valence-corrected chi connectivity index (χ1v) is 13.4. The van der Waals surface area contributed by atoms with Gasteiger partial charge in [0.25, 0.3) is 6.43 Å². The Balaban J connectivity index is 1.26. The Hall–Kier alpha value is -3.17. The van der Waals surface area contributed by atoms with Gasteiger partial charge in [-0.3, -0.25) is 4.79 Å². The molecule has 0 aliphatic heterocycles. The summed E-state index contributed by atoms with van der Waals surface area (Å²) in [5.41, 5.74) is 1.05. The number of ether oxygens (including phenoxy) is 2. The molecule has 9 heteroatoms.